The predicted octanol–water partition coefficient (Wildman–Crippen LogP) is 2.96. The summed E-state index contributed by atoms with van der Waals surface area (Å²) in [7, 11) is 0. The van der Waals surface area contributed by atoms with E-state index < -0.39 is 18.1 Å². The van der Waals surface area contributed by atoms with Crippen molar-refractivity contribution in [1.82, 2.24) is 15.5 Å². The second kappa shape index (κ2) is 8.87. The van der Waals surface area contributed by atoms with Gasteiger partial charge in [0.1, 0.15) is 17.8 Å². The lowest BCUT2D eigenvalue weighted by molar-refractivity contribution is -0.135. The lowest BCUT2D eigenvalue weighted by Gasteiger charge is -2.26. The quantitative estimate of drug-likeness (QED) is 0.648. The molecule has 1 aliphatic carbocycles. The molecule has 1 aromatic heterocycles. The van der Waals surface area contributed by atoms with Gasteiger partial charge in [-0.2, -0.15) is 10.1 Å². The second-order valence-electron chi connectivity index (χ2n) is 8.16. The molecule has 2 aromatic rings. The average molecular weight is 425 g/mol. The van der Waals surface area contributed by atoms with E-state index in [9.17, 15) is 9.59 Å². The Morgan fingerprint density at radius 3 is 2.65 bits per heavy atom. The van der Waals surface area contributed by atoms with Gasteiger partial charge >= 0.3 is 5.97 Å². The summed E-state index contributed by atoms with van der Waals surface area (Å²) in [4.78, 5) is 30.1. The first-order chi connectivity index (χ1) is 15.0. The van der Waals surface area contributed by atoms with Crippen molar-refractivity contribution in [1.29, 1.82) is 0 Å². The maximum absolute atomic E-state index is 13.3. The van der Waals surface area contributed by atoms with E-state index in [0.29, 0.717) is 17.6 Å². The molecule has 2 atom stereocenters. The monoisotopic (exact) mass is 425 g/mol. The van der Waals surface area contributed by atoms with Crippen molar-refractivity contribution in [3.05, 3.63) is 42.0 Å². The molecule has 0 radical (unpaired) electrons. The Morgan fingerprint density at radius 2 is 2.00 bits per heavy atom. The standard InChI is InChI=1S/C22H27N5O4/c1-4-30-22(29)16-12-17(27(25-16)15-8-6-5-7-9-15)20(28)23-18(13(2)3)21-24-19(26-31-21)14-10-11-14/h5-9,13-14,17-18H,4,10-12H2,1-3H3,(H,23,28). The third kappa shape index (κ3) is 4.60. The van der Waals surface area contributed by atoms with Gasteiger partial charge in [-0.25, -0.2) is 4.79 Å². The zero-order valence-electron chi connectivity index (χ0n) is 17.9. The van der Waals surface area contributed by atoms with Crippen molar-refractivity contribution >= 4 is 23.3 Å². The van der Waals surface area contributed by atoms with Crippen LogP contribution in [0.25, 0.3) is 0 Å². The van der Waals surface area contributed by atoms with E-state index in [-0.39, 0.29) is 30.6 Å². The van der Waals surface area contributed by atoms with Crippen LogP contribution in [0.4, 0.5) is 5.69 Å². The van der Waals surface area contributed by atoms with Crippen molar-refractivity contribution in [3.8, 4) is 0 Å². The number of amides is 1. The molecular weight excluding hydrogens is 398 g/mol. The number of carbonyl (C=O) groups excluding carboxylic acids is 2. The number of hydrogen-bond acceptors (Lipinski definition) is 8. The van der Waals surface area contributed by atoms with Gasteiger partial charge in [-0.3, -0.25) is 9.80 Å². The summed E-state index contributed by atoms with van der Waals surface area (Å²) in [5.41, 5.74) is 0.942. The van der Waals surface area contributed by atoms with Gasteiger partial charge in [0.25, 0.3) is 0 Å². The van der Waals surface area contributed by atoms with Gasteiger partial charge in [0.05, 0.1) is 12.3 Å². The summed E-state index contributed by atoms with van der Waals surface area (Å²) in [6.45, 7) is 5.95. The molecule has 0 spiro atoms. The van der Waals surface area contributed by atoms with Gasteiger partial charge in [-0.1, -0.05) is 37.2 Å². The van der Waals surface area contributed by atoms with Gasteiger partial charge in [0.15, 0.2) is 5.82 Å². The van der Waals surface area contributed by atoms with Crippen LogP contribution in [-0.4, -0.2) is 40.4 Å². The number of aromatic nitrogens is 2. The minimum atomic E-state index is -0.686. The van der Waals surface area contributed by atoms with Crippen LogP contribution < -0.4 is 10.3 Å². The van der Waals surface area contributed by atoms with E-state index >= 15 is 0 Å². The van der Waals surface area contributed by atoms with Gasteiger partial charge in [-0.05, 0) is 37.8 Å². The Balaban J connectivity index is 1.55. The number of hydrazone groups is 1. The second-order valence-corrected chi connectivity index (χ2v) is 8.16. The highest BCUT2D eigenvalue weighted by atomic mass is 16.5. The van der Waals surface area contributed by atoms with Gasteiger partial charge < -0.3 is 14.6 Å². The largest absolute Gasteiger partial charge is 0.461 e. The van der Waals surface area contributed by atoms with Crippen LogP contribution in [0, 0.1) is 5.92 Å². The highest BCUT2D eigenvalue weighted by Gasteiger charge is 2.39. The van der Waals surface area contributed by atoms with Crippen LogP contribution >= 0.6 is 0 Å². The first-order valence-corrected chi connectivity index (χ1v) is 10.7. The van der Waals surface area contributed by atoms with Crippen molar-refractivity contribution in [2.24, 2.45) is 11.0 Å². The minimum Gasteiger partial charge on any atom is -0.461 e. The van der Waals surface area contributed by atoms with Gasteiger partial charge in [0, 0.05) is 12.3 Å². The Labute approximate surface area is 180 Å². The topological polar surface area (TPSA) is 110 Å². The van der Waals surface area contributed by atoms with E-state index in [2.05, 4.69) is 20.6 Å². The molecule has 9 heteroatoms. The predicted molar refractivity (Wildman–Crippen MR) is 113 cm³/mol. The summed E-state index contributed by atoms with van der Waals surface area (Å²) in [6.07, 6.45) is 2.29. The van der Waals surface area contributed by atoms with E-state index in [1.165, 1.54) is 0 Å². The highest BCUT2D eigenvalue weighted by molar-refractivity contribution is 6.38. The number of nitrogens with zero attached hydrogens (tertiary/aromatic N) is 4. The minimum absolute atomic E-state index is 0.0356. The molecule has 2 unspecified atom stereocenters. The van der Waals surface area contributed by atoms with Crippen LogP contribution in [0.3, 0.4) is 0 Å². The first kappa shape index (κ1) is 21.0. The van der Waals surface area contributed by atoms with E-state index in [0.717, 1.165) is 18.5 Å². The van der Waals surface area contributed by atoms with Crippen molar-refractivity contribution in [2.45, 2.75) is 58.0 Å². The molecule has 0 saturated heterocycles. The molecule has 1 amide bonds. The number of esters is 1. The average Bonchev–Trinajstić information content (AvgIpc) is 3.33. The van der Waals surface area contributed by atoms with Crippen molar-refractivity contribution in [3.63, 3.8) is 0 Å². The summed E-state index contributed by atoms with van der Waals surface area (Å²) < 4.78 is 10.6. The van der Waals surface area contributed by atoms with Crippen LogP contribution in [0.5, 0.6) is 0 Å². The fourth-order valence-corrected chi connectivity index (χ4v) is 3.51. The highest BCUT2D eigenvalue weighted by Crippen LogP contribution is 2.38. The number of nitrogens with one attached hydrogen (secondary N) is 1. The van der Waals surface area contributed by atoms with Crippen LogP contribution in [0.2, 0.25) is 0 Å². The maximum Gasteiger partial charge on any atom is 0.354 e. The molecule has 9 nitrogen and oxygen atoms in total. The van der Waals surface area contributed by atoms with Gasteiger partial charge in [-0.15, -0.1) is 0 Å². The Kier molecular flexibility index (Phi) is 6.01. The number of benzene rings is 1. The Morgan fingerprint density at radius 1 is 1.26 bits per heavy atom. The number of rotatable bonds is 8. The molecule has 4 rings (SSSR count). The fraction of sp³-hybridized carbons (Fsp3) is 0.500. The normalized spacial score (nSPS) is 19.3. The number of hydrogen-bond donors (Lipinski definition) is 1. The molecule has 2 heterocycles. The number of anilines is 1. The number of ether oxygens (including phenoxy) is 1. The molecule has 2 aliphatic rings. The molecule has 1 fully saturated rings. The van der Waals surface area contributed by atoms with E-state index in [1.807, 2.05) is 44.2 Å². The zero-order valence-corrected chi connectivity index (χ0v) is 17.9. The molecular formula is C22H27N5O4. The maximum atomic E-state index is 13.3. The third-order valence-corrected chi connectivity index (χ3v) is 5.38. The summed E-state index contributed by atoms with van der Waals surface area (Å²) in [5.74, 6) is 0.732. The van der Waals surface area contributed by atoms with Crippen LogP contribution in [0.15, 0.2) is 40.0 Å². The van der Waals surface area contributed by atoms with Crippen LogP contribution in [-0.2, 0) is 14.3 Å². The zero-order chi connectivity index (χ0) is 22.0. The summed E-state index contributed by atoms with van der Waals surface area (Å²) >= 11 is 0. The molecule has 1 N–H and O–H groups in total. The third-order valence-electron chi connectivity index (χ3n) is 5.38. The summed E-state index contributed by atoms with van der Waals surface area (Å²) in [6, 6.07) is 8.17. The molecule has 164 valence electrons. The smallest absolute Gasteiger partial charge is 0.354 e. The van der Waals surface area contributed by atoms with E-state index in [4.69, 9.17) is 9.26 Å². The molecule has 0 bridgehead atoms. The lowest BCUT2D eigenvalue weighted by atomic mass is 10.0. The first-order valence-electron chi connectivity index (χ1n) is 10.7. The Hall–Kier alpha value is -3.23. The van der Waals surface area contributed by atoms with Crippen molar-refractivity contribution in [2.75, 3.05) is 11.6 Å². The molecule has 1 saturated carbocycles. The Bertz CT molecular complexity index is 967. The summed E-state index contributed by atoms with van der Waals surface area (Å²) in [5, 5.41) is 13.1. The number of para-hydroxylation sites is 1. The lowest BCUT2D eigenvalue weighted by Crippen LogP contribution is -2.45. The van der Waals surface area contributed by atoms with Crippen LogP contribution in [0.1, 0.15) is 63.7 Å². The molecule has 1 aliphatic heterocycles. The molecule has 1 aromatic carbocycles. The number of carbonyl (C=O) groups is 2. The SMILES string of the molecule is CCOC(=O)C1=NN(c2ccccc2)C(C(=O)NC(c2nc(C3CC3)no2)C(C)C)C1. The fourth-order valence-electron chi connectivity index (χ4n) is 3.51. The van der Waals surface area contributed by atoms with Crippen molar-refractivity contribution < 1.29 is 18.8 Å². The van der Waals surface area contributed by atoms with Gasteiger partial charge in [0.2, 0.25) is 11.8 Å². The molecule has 31 heavy (non-hydrogen) atoms. The van der Waals surface area contributed by atoms with E-state index in [1.54, 1.807) is 11.9 Å².